The summed E-state index contributed by atoms with van der Waals surface area (Å²) in [5.41, 5.74) is 3.07. The Bertz CT molecular complexity index is 3370. The molecule has 5 atom stereocenters. The molecule has 4 aromatic heterocycles. The Morgan fingerprint density at radius 1 is 0.986 bits per heavy atom. The third kappa shape index (κ3) is 6.35. The number of anilines is 2. The van der Waals surface area contributed by atoms with Gasteiger partial charge in [-0.25, -0.2) is 27.7 Å². The number of H-pyrrole nitrogens is 1. The number of rotatable bonds is 7. The van der Waals surface area contributed by atoms with E-state index < -0.39 is 41.8 Å². The Kier molecular flexibility index (Phi) is 9.43. The van der Waals surface area contributed by atoms with Gasteiger partial charge in [-0.2, -0.15) is 19.0 Å². The van der Waals surface area contributed by atoms with Gasteiger partial charge in [0.2, 0.25) is 0 Å². The normalized spacial score (nSPS) is 24.0. The highest BCUT2D eigenvalue weighted by atomic mass is 19.3. The maximum atomic E-state index is 16.6. The number of urea groups is 1. The van der Waals surface area contributed by atoms with Crippen molar-refractivity contribution in [1.82, 2.24) is 39.2 Å². The van der Waals surface area contributed by atoms with Crippen LogP contribution < -0.4 is 20.3 Å². The summed E-state index contributed by atoms with van der Waals surface area (Å²) in [7, 11) is 0. The van der Waals surface area contributed by atoms with Gasteiger partial charge >= 0.3 is 18.3 Å². The molecule has 3 aromatic carbocycles. The minimum atomic E-state index is -3.04. The van der Waals surface area contributed by atoms with E-state index in [9.17, 15) is 13.6 Å². The van der Waals surface area contributed by atoms with Crippen molar-refractivity contribution in [2.45, 2.75) is 103 Å². The van der Waals surface area contributed by atoms with Gasteiger partial charge in [0.1, 0.15) is 40.9 Å². The Morgan fingerprint density at radius 2 is 1.75 bits per heavy atom. The van der Waals surface area contributed by atoms with Gasteiger partial charge in [-0.15, -0.1) is 0 Å². The summed E-state index contributed by atoms with van der Waals surface area (Å²) >= 11 is 0. The number of amides is 3. The SMILES string of the molecule is Cc1cc(-n2nc3c(c2N2C[C@@H]4COc5cc6c(cnn6C(F)F)c(F)c5N4C2=O)[C@H](C)N(C(=O)c2cc4cc([C@H]5CCOC(C)(C)C5)ccc4n2[C@@]2(c4noc(=O)[nH]4)C[C@@H]2C)CC3)cc(C)c1F. The van der Waals surface area contributed by atoms with Crippen LogP contribution >= 0.6 is 0 Å². The van der Waals surface area contributed by atoms with Crippen molar-refractivity contribution >= 4 is 45.2 Å². The summed E-state index contributed by atoms with van der Waals surface area (Å²) in [5, 5.41) is 13.6. The smallest absolute Gasteiger partial charge is 0.438 e. The number of aryl methyl sites for hydroxylation is 2. The number of ether oxygens (including phenoxy) is 2. The number of alkyl halides is 2. The number of nitrogens with zero attached hydrogens (tertiary/aromatic N) is 9. The molecule has 8 heterocycles. The minimum Gasteiger partial charge on any atom is -0.489 e. The van der Waals surface area contributed by atoms with Gasteiger partial charge in [-0.05, 0) is 113 Å². The Labute approximate surface area is 391 Å². The molecule has 12 rings (SSSR count). The standard InChI is InChI=1S/C49H48F4N10O6/c1-23-13-30(14-24(2)39(23)50)62-42(59-21-31-22-67-37-17-35-32(20-54-63(35)45(52)53)40(51)41(37)60(31)47(59)66)38-26(4)58(11-9-33(38)56-62)43(64)36-16-29-15-27(28-10-12-68-48(5,6)19-28)7-8-34(29)61(36)49(18-25(49)3)44-55-46(65)69-57-44/h7-8,13-17,20,25-26,28,31,45H,9-12,18-19,21-22H2,1-6H3,(H,55,57,65)/t25-,26-,28-,31+,49-/m0/s1. The summed E-state index contributed by atoms with van der Waals surface area (Å²) in [4.78, 5) is 50.5. The van der Waals surface area contributed by atoms with E-state index in [1.807, 2.05) is 30.5 Å². The van der Waals surface area contributed by atoms with E-state index in [4.69, 9.17) is 19.1 Å². The van der Waals surface area contributed by atoms with Crippen LogP contribution in [0.1, 0.15) is 110 Å². The molecule has 69 heavy (non-hydrogen) atoms. The average molecular weight is 949 g/mol. The van der Waals surface area contributed by atoms with Crippen molar-refractivity contribution in [2.24, 2.45) is 5.92 Å². The highest BCUT2D eigenvalue weighted by Crippen LogP contribution is 2.56. The molecule has 5 aliphatic rings. The van der Waals surface area contributed by atoms with E-state index in [0.29, 0.717) is 63.1 Å². The van der Waals surface area contributed by atoms with Crippen molar-refractivity contribution < 1.29 is 41.1 Å². The van der Waals surface area contributed by atoms with Crippen molar-refractivity contribution in [2.75, 3.05) is 36.1 Å². The second kappa shape index (κ2) is 15.0. The topological polar surface area (TPSA) is 162 Å². The van der Waals surface area contributed by atoms with Crippen LogP contribution in [0, 0.1) is 31.4 Å². The minimum absolute atomic E-state index is 0.00118. The zero-order valence-corrected chi connectivity index (χ0v) is 38.6. The van der Waals surface area contributed by atoms with Gasteiger partial charge in [0.15, 0.2) is 11.6 Å². The molecule has 1 saturated carbocycles. The molecular formula is C49H48F4N10O6. The summed E-state index contributed by atoms with van der Waals surface area (Å²) in [6, 6.07) is 10.7. The van der Waals surface area contributed by atoms with Gasteiger partial charge < -0.3 is 18.9 Å². The number of carbonyl (C=O) groups is 2. The molecule has 0 unspecified atom stereocenters. The first-order chi connectivity index (χ1) is 33.0. The molecule has 0 spiro atoms. The monoisotopic (exact) mass is 948 g/mol. The quantitative estimate of drug-likeness (QED) is 0.154. The molecule has 2 saturated heterocycles. The largest absolute Gasteiger partial charge is 0.489 e. The molecular weight excluding hydrogens is 901 g/mol. The fourth-order valence-electron chi connectivity index (χ4n) is 11.8. The number of carbonyl (C=O) groups excluding carboxylic acids is 2. The lowest BCUT2D eigenvalue weighted by Gasteiger charge is -2.35. The highest BCUT2D eigenvalue weighted by molar-refractivity contribution is 6.10. The van der Waals surface area contributed by atoms with Crippen LogP contribution in [0.5, 0.6) is 5.75 Å². The van der Waals surface area contributed by atoms with Crippen LogP contribution in [0.4, 0.5) is 33.9 Å². The number of aromatic amines is 1. The lowest BCUT2D eigenvalue weighted by Crippen LogP contribution is -2.42. The summed E-state index contributed by atoms with van der Waals surface area (Å²) in [6.07, 6.45) is 3.54. The van der Waals surface area contributed by atoms with Crippen LogP contribution in [0.25, 0.3) is 27.5 Å². The van der Waals surface area contributed by atoms with E-state index in [0.717, 1.165) is 35.5 Å². The number of nitrogens with one attached hydrogen (secondary N) is 1. The van der Waals surface area contributed by atoms with Crippen LogP contribution in [0.15, 0.2) is 58.0 Å². The Balaban J connectivity index is 0.981. The molecule has 7 aromatic rings. The van der Waals surface area contributed by atoms with Crippen LogP contribution in [-0.2, 0) is 16.7 Å². The third-order valence-corrected chi connectivity index (χ3v) is 15.2. The summed E-state index contributed by atoms with van der Waals surface area (Å²) in [5.74, 6) is -1.59. The third-order valence-electron chi connectivity index (χ3n) is 15.2. The molecule has 4 aliphatic heterocycles. The highest BCUT2D eigenvalue weighted by Gasteiger charge is 2.59. The number of hydrogen-bond donors (Lipinski definition) is 1. The predicted molar refractivity (Wildman–Crippen MR) is 244 cm³/mol. The second-order valence-corrected chi connectivity index (χ2v) is 19.9. The number of hydrogen-bond acceptors (Lipinski definition) is 9. The van der Waals surface area contributed by atoms with E-state index in [-0.39, 0.29) is 77.6 Å². The maximum Gasteiger partial charge on any atom is 0.438 e. The average Bonchev–Trinajstić information content (AvgIpc) is 3.95. The maximum absolute atomic E-state index is 16.6. The second-order valence-electron chi connectivity index (χ2n) is 19.9. The van der Waals surface area contributed by atoms with E-state index >= 15 is 18.4 Å². The first-order valence-electron chi connectivity index (χ1n) is 23.2. The first kappa shape index (κ1) is 43.3. The zero-order valence-electron chi connectivity index (χ0n) is 38.6. The zero-order chi connectivity index (χ0) is 48.2. The molecule has 20 heteroatoms. The fraction of sp³-hybridized carbons (Fsp3) is 0.429. The molecule has 0 radical (unpaired) electrons. The fourth-order valence-corrected chi connectivity index (χ4v) is 11.8. The first-order valence-corrected chi connectivity index (χ1v) is 23.2. The molecule has 3 amide bonds. The molecule has 3 fully saturated rings. The Morgan fingerprint density at radius 3 is 2.45 bits per heavy atom. The van der Waals surface area contributed by atoms with Crippen molar-refractivity contribution in [1.29, 1.82) is 0 Å². The number of fused-ring (bicyclic) bond motifs is 6. The summed E-state index contributed by atoms with van der Waals surface area (Å²) < 4.78 is 80.6. The van der Waals surface area contributed by atoms with Crippen LogP contribution in [-0.4, -0.2) is 89.1 Å². The van der Waals surface area contributed by atoms with Crippen LogP contribution in [0.3, 0.4) is 0 Å². The Hall–Kier alpha value is -6.96. The van der Waals surface area contributed by atoms with E-state index in [1.165, 1.54) is 15.9 Å². The van der Waals surface area contributed by atoms with E-state index in [1.54, 1.807) is 35.6 Å². The predicted octanol–water partition coefficient (Wildman–Crippen LogP) is 8.57. The molecule has 16 nitrogen and oxygen atoms in total. The molecule has 358 valence electrons. The molecule has 1 N–H and O–H groups in total. The van der Waals surface area contributed by atoms with E-state index in [2.05, 4.69) is 41.2 Å². The lowest BCUT2D eigenvalue weighted by molar-refractivity contribution is -0.0592. The summed E-state index contributed by atoms with van der Waals surface area (Å²) in [6.45, 7) is 9.14. The number of benzene rings is 3. The van der Waals surface area contributed by atoms with Gasteiger partial charge in [-0.3, -0.25) is 24.1 Å². The lowest BCUT2D eigenvalue weighted by atomic mass is 9.83. The molecule has 1 aliphatic carbocycles. The van der Waals surface area contributed by atoms with Gasteiger partial charge in [0, 0.05) is 42.1 Å². The molecule has 0 bridgehead atoms. The van der Waals surface area contributed by atoms with Crippen LogP contribution in [0.2, 0.25) is 0 Å². The van der Waals surface area contributed by atoms with Gasteiger partial charge in [-0.1, -0.05) is 18.1 Å². The van der Waals surface area contributed by atoms with Gasteiger partial charge in [0.05, 0.1) is 52.7 Å². The van der Waals surface area contributed by atoms with Crippen molar-refractivity contribution in [3.8, 4) is 11.4 Å². The van der Waals surface area contributed by atoms with Crippen molar-refractivity contribution in [3.05, 3.63) is 110 Å². The number of aromatic nitrogens is 7. The number of halogens is 4. The van der Waals surface area contributed by atoms with Crippen molar-refractivity contribution in [3.63, 3.8) is 0 Å². The van der Waals surface area contributed by atoms with Gasteiger partial charge in [0.25, 0.3) is 5.91 Å².